The maximum atomic E-state index is 13.0. The normalized spacial score (nSPS) is 10.4. The molecule has 7 nitrogen and oxygen atoms in total. The van der Waals surface area contributed by atoms with Crippen LogP contribution in [0.2, 0.25) is 0 Å². The van der Waals surface area contributed by atoms with E-state index in [1.807, 2.05) is 73.7 Å². The number of nitrogens with zero attached hydrogens (tertiary/aromatic N) is 1. The highest BCUT2D eigenvalue weighted by Gasteiger charge is 2.18. The fourth-order valence-electron chi connectivity index (χ4n) is 3.42. The van der Waals surface area contributed by atoms with Gasteiger partial charge in [-0.05, 0) is 53.9 Å². The molecule has 8 heteroatoms. The first-order valence-electron chi connectivity index (χ1n) is 11.3. The number of carbonyl (C=O) groups excluding carboxylic acids is 2. The van der Waals surface area contributed by atoms with Gasteiger partial charge in [0.1, 0.15) is 10.6 Å². The van der Waals surface area contributed by atoms with E-state index in [0.29, 0.717) is 36.0 Å². The standard InChI is InChI=1S/C27H26N4O3S/c1-2-34-23-16-24(21-8-4-3-5-9-21)35-25(23)26(32)29-18-20-7-6-10-22(15-20)31-27(33)30-17-19-11-13-28-14-12-19/h3-16H,2,17-18H2,1H3,(H,29,32)(H2,30,31,33). The average molecular weight is 487 g/mol. The molecule has 3 N–H and O–H groups in total. The van der Waals surface area contributed by atoms with Crippen molar-refractivity contribution < 1.29 is 14.3 Å². The van der Waals surface area contributed by atoms with Gasteiger partial charge in [-0.2, -0.15) is 0 Å². The van der Waals surface area contributed by atoms with Crippen LogP contribution in [0.5, 0.6) is 5.75 Å². The van der Waals surface area contributed by atoms with Crippen LogP contribution in [0.25, 0.3) is 10.4 Å². The highest BCUT2D eigenvalue weighted by Crippen LogP contribution is 2.36. The van der Waals surface area contributed by atoms with E-state index in [2.05, 4.69) is 20.9 Å². The quantitative estimate of drug-likeness (QED) is 0.293. The van der Waals surface area contributed by atoms with Gasteiger partial charge < -0.3 is 20.7 Å². The lowest BCUT2D eigenvalue weighted by atomic mass is 10.2. The molecule has 4 rings (SSSR count). The van der Waals surface area contributed by atoms with Gasteiger partial charge in [0.15, 0.2) is 0 Å². The fraction of sp³-hybridized carbons (Fsp3) is 0.148. The summed E-state index contributed by atoms with van der Waals surface area (Å²) in [6, 6.07) is 22.6. The zero-order valence-corrected chi connectivity index (χ0v) is 20.1. The van der Waals surface area contributed by atoms with Crippen LogP contribution in [-0.2, 0) is 13.1 Å². The van der Waals surface area contributed by atoms with E-state index in [-0.39, 0.29) is 11.9 Å². The molecule has 0 bridgehead atoms. The van der Waals surface area contributed by atoms with Gasteiger partial charge in [0.2, 0.25) is 0 Å². The van der Waals surface area contributed by atoms with Crippen molar-refractivity contribution in [3.05, 3.63) is 101 Å². The molecule has 35 heavy (non-hydrogen) atoms. The van der Waals surface area contributed by atoms with Gasteiger partial charge in [0, 0.05) is 36.0 Å². The summed E-state index contributed by atoms with van der Waals surface area (Å²) in [5.41, 5.74) is 3.50. The van der Waals surface area contributed by atoms with Crippen LogP contribution in [0, 0.1) is 0 Å². The Balaban J connectivity index is 1.36. The van der Waals surface area contributed by atoms with Gasteiger partial charge in [0.25, 0.3) is 5.91 Å². The summed E-state index contributed by atoms with van der Waals surface area (Å²) in [7, 11) is 0. The minimum Gasteiger partial charge on any atom is -0.492 e. The van der Waals surface area contributed by atoms with Crippen LogP contribution in [0.4, 0.5) is 10.5 Å². The fourth-order valence-corrected chi connectivity index (χ4v) is 4.44. The van der Waals surface area contributed by atoms with E-state index in [4.69, 9.17) is 4.74 Å². The predicted molar refractivity (Wildman–Crippen MR) is 139 cm³/mol. The molecule has 0 saturated carbocycles. The second kappa shape index (κ2) is 11.8. The Hall–Kier alpha value is -4.17. The van der Waals surface area contributed by atoms with E-state index in [1.165, 1.54) is 11.3 Å². The highest BCUT2D eigenvalue weighted by atomic mass is 32.1. The number of urea groups is 1. The lowest BCUT2D eigenvalue weighted by molar-refractivity contribution is 0.0951. The van der Waals surface area contributed by atoms with Crippen molar-refractivity contribution in [1.82, 2.24) is 15.6 Å². The van der Waals surface area contributed by atoms with Crippen LogP contribution in [0.15, 0.2) is 85.2 Å². The molecule has 3 amide bonds. The highest BCUT2D eigenvalue weighted by molar-refractivity contribution is 7.17. The Kier molecular flexibility index (Phi) is 8.08. The molecule has 0 unspecified atom stereocenters. The van der Waals surface area contributed by atoms with Crippen LogP contribution >= 0.6 is 11.3 Å². The number of anilines is 1. The molecule has 2 heterocycles. The van der Waals surface area contributed by atoms with Crippen molar-refractivity contribution in [2.24, 2.45) is 0 Å². The Labute approximate surface area is 208 Å². The number of benzene rings is 2. The zero-order valence-electron chi connectivity index (χ0n) is 19.3. The largest absolute Gasteiger partial charge is 0.492 e. The van der Waals surface area contributed by atoms with E-state index < -0.39 is 0 Å². The van der Waals surface area contributed by atoms with Gasteiger partial charge in [-0.3, -0.25) is 9.78 Å². The van der Waals surface area contributed by atoms with Crippen molar-refractivity contribution in [2.75, 3.05) is 11.9 Å². The van der Waals surface area contributed by atoms with Gasteiger partial charge in [-0.25, -0.2) is 4.79 Å². The number of thiophene rings is 1. The number of pyridine rings is 1. The second-order valence-electron chi connectivity index (χ2n) is 7.65. The summed E-state index contributed by atoms with van der Waals surface area (Å²) in [5.74, 6) is 0.379. The van der Waals surface area contributed by atoms with E-state index >= 15 is 0 Å². The van der Waals surface area contributed by atoms with E-state index in [0.717, 1.165) is 21.6 Å². The van der Waals surface area contributed by atoms with Gasteiger partial charge >= 0.3 is 6.03 Å². The van der Waals surface area contributed by atoms with Crippen molar-refractivity contribution in [1.29, 1.82) is 0 Å². The number of aromatic nitrogens is 1. The molecule has 2 aromatic carbocycles. The van der Waals surface area contributed by atoms with Gasteiger partial charge in [0.05, 0.1) is 6.61 Å². The van der Waals surface area contributed by atoms with Crippen LogP contribution in [-0.4, -0.2) is 23.5 Å². The summed E-state index contributed by atoms with van der Waals surface area (Å²) in [5, 5.41) is 8.60. The summed E-state index contributed by atoms with van der Waals surface area (Å²) in [6.45, 7) is 3.09. The van der Waals surface area contributed by atoms with E-state index in [1.54, 1.807) is 18.5 Å². The number of nitrogens with one attached hydrogen (secondary N) is 3. The van der Waals surface area contributed by atoms with Crippen molar-refractivity contribution in [3.63, 3.8) is 0 Å². The molecule has 0 aliphatic heterocycles. The second-order valence-corrected chi connectivity index (χ2v) is 8.70. The molecule has 4 aromatic rings. The molecular weight excluding hydrogens is 460 g/mol. The Bertz CT molecular complexity index is 1280. The van der Waals surface area contributed by atoms with Gasteiger partial charge in [-0.15, -0.1) is 11.3 Å². The molecule has 0 fully saturated rings. The van der Waals surface area contributed by atoms with Crippen LogP contribution in [0.3, 0.4) is 0 Å². The third kappa shape index (κ3) is 6.68. The Morgan fingerprint density at radius 3 is 2.43 bits per heavy atom. The third-order valence-electron chi connectivity index (χ3n) is 5.10. The molecular formula is C27H26N4O3S. The zero-order chi connectivity index (χ0) is 24.5. The average Bonchev–Trinajstić information content (AvgIpc) is 3.32. The smallest absolute Gasteiger partial charge is 0.319 e. The van der Waals surface area contributed by atoms with Crippen molar-refractivity contribution in [2.45, 2.75) is 20.0 Å². The lowest BCUT2D eigenvalue weighted by Gasteiger charge is -2.10. The number of amides is 3. The first-order valence-corrected chi connectivity index (χ1v) is 12.1. The Morgan fingerprint density at radius 1 is 0.886 bits per heavy atom. The summed E-state index contributed by atoms with van der Waals surface area (Å²) >= 11 is 1.40. The first kappa shape index (κ1) is 24.0. The maximum absolute atomic E-state index is 13.0. The number of ether oxygens (including phenoxy) is 1. The predicted octanol–water partition coefficient (Wildman–Crippen LogP) is 5.46. The number of rotatable bonds is 9. The molecule has 0 atom stereocenters. The molecule has 0 spiro atoms. The Morgan fingerprint density at radius 2 is 1.66 bits per heavy atom. The van der Waals surface area contributed by atoms with Crippen LogP contribution in [0.1, 0.15) is 27.7 Å². The molecule has 0 radical (unpaired) electrons. The van der Waals surface area contributed by atoms with Gasteiger partial charge in [-0.1, -0.05) is 42.5 Å². The molecule has 178 valence electrons. The summed E-state index contributed by atoms with van der Waals surface area (Å²) < 4.78 is 5.72. The number of carbonyl (C=O) groups is 2. The van der Waals surface area contributed by atoms with E-state index in [9.17, 15) is 9.59 Å². The maximum Gasteiger partial charge on any atom is 0.319 e. The SMILES string of the molecule is CCOc1cc(-c2ccccc2)sc1C(=O)NCc1cccc(NC(=O)NCc2ccncc2)c1. The summed E-state index contributed by atoms with van der Waals surface area (Å²) in [6.07, 6.45) is 3.37. The van der Waals surface area contributed by atoms with Crippen molar-refractivity contribution >= 4 is 29.0 Å². The first-order chi connectivity index (χ1) is 17.1. The van der Waals surface area contributed by atoms with Crippen molar-refractivity contribution in [3.8, 4) is 16.2 Å². The topological polar surface area (TPSA) is 92.4 Å². The third-order valence-corrected chi connectivity index (χ3v) is 6.27. The van der Waals surface area contributed by atoms with Crippen LogP contribution < -0.4 is 20.7 Å². The molecule has 2 aromatic heterocycles. The number of hydrogen-bond acceptors (Lipinski definition) is 5. The minimum atomic E-state index is -0.309. The summed E-state index contributed by atoms with van der Waals surface area (Å²) in [4.78, 5) is 30.7. The lowest BCUT2D eigenvalue weighted by Crippen LogP contribution is -2.28. The molecule has 0 saturated heterocycles. The molecule has 0 aliphatic carbocycles. The molecule has 0 aliphatic rings. The monoisotopic (exact) mass is 486 g/mol. The minimum absolute atomic E-state index is 0.200. The number of hydrogen-bond donors (Lipinski definition) is 3.